The van der Waals surface area contributed by atoms with Gasteiger partial charge >= 0.3 is 0 Å². The number of para-hydroxylation sites is 6. The Kier molecular flexibility index (Phi) is 4.32. The van der Waals surface area contributed by atoms with Crippen molar-refractivity contribution in [2.45, 2.75) is 0 Å². The SMILES string of the molecule is c1ccc2c(c1)Oc1ccccc1N2c1ccc(-n2cc(-c3cnc4ccccc4n3)nn2)cc1. The number of ether oxygens (including phenoxy) is 1. The van der Waals surface area contributed by atoms with Crippen molar-refractivity contribution >= 4 is 28.1 Å². The molecule has 0 bridgehead atoms. The van der Waals surface area contributed by atoms with Crippen LogP contribution in [0.4, 0.5) is 17.1 Å². The molecule has 3 heterocycles. The van der Waals surface area contributed by atoms with E-state index in [1.807, 2.05) is 79.0 Å². The van der Waals surface area contributed by atoms with E-state index in [4.69, 9.17) is 4.74 Å². The van der Waals surface area contributed by atoms with Crippen LogP contribution in [0.5, 0.6) is 11.5 Å². The molecule has 0 spiro atoms. The van der Waals surface area contributed by atoms with Crippen LogP contribution in [0, 0.1) is 0 Å². The third-order valence-electron chi connectivity index (χ3n) is 6.01. The summed E-state index contributed by atoms with van der Waals surface area (Å²) >= 11 is 0. The molecular weight excluding hydrogens is 436 g/mol. The van der Waals surface area contributed by atoms with Gasteiger partial charge in [-0.2, -0.15) is 0 Å². The van der Waals surface area contributed by atoms with E-state index in [0.29, 0.717) is 11.4 Å². The van der Waals surface area contributed by atoms with Crippen LogP contribution in [0.3, 0.4) is 0 Å². The molecule has 0 unspecified atom stereocenters. The van der Waals surface area contributed by atoms with Gasteiger partial charge < -0.3 is 9.64 Å². The van der Waals surface area contributed by atoms with Gasteiger partial charge in [0.25, 0.3) is 0 Å². The molecule has 6 aromatic rings. The van der Waals surface area contributed by atoms with Crippen LogP contribution in [0.1, 0.15) is 0 Å². The molecule has 0 N–H and O–H groups in total. The molecule has 1 aliphatic heterocycles. The quantitative estimate of drug-likeness (QED) is 0.305. The molecule has 0 aliphatic carbocycles. The van der Waals surface area contributed by atoms with Crippen molar-refractivity contribution in [2.24, 2.45) is 0 Å². The Bertz CT molecular complexity index is 1650. The smallest absolute Gasteiger partial charge is 0.151 e. The van der Waals surface area contributed by atoms with E-state index in [1.54, 1.807) is 10.9 Å². The maximum absolute atomic E-state index is 6.12. The van der Waals surface area contributed by atoms with Crippen molar-refractivity contribution in [3.05, 3.63) is 109 Å². The zero-order valence-electron chi connectivity index (χ0n) is 18.5. The van der Waals surface area contributed by atoms with Crippen molar-refractivity contribution in [2.75, 3.05) is 4.90 Å². The van der Waals surface area contributed by atoms with Gasteiger partial charge in [0, 0.05) is 5.69 Å². The van der Waals surface area contributed by atoms with Gasteiger partial charge in [0.05, 0.1) is 40.5 Å². The fraction of sp³-hybridized carbons (Fsp3) is 0. The van der Waals surface area contributed by atoms with Crippen LogP contribution >= 0.6 is 0 Å². The number of aromatic nitrogens is 5. The van der Waals surface area contributed by atoms with E-state index < -0.39 is 0 Å². The summed E-state index contributed by atoms with van der Waals surface area (Å²) < 4.78 is 7.87. The van der Waals surface area contributed by atoms with E-state index in [9.17, 15) is 0 Å². The van der Waals surface area contributed by atoms with Crippen molar-refractivity contribution in [1.82, 2.24) is 25.0 Å². The van der Waals surface area contributed by atoms with Crippen LogP contribution in [0.2, 0.25) is 0 Å². The van der Waals surface area contributed by atoms with Crippen LogP contribution < -0.4 is 9.64 Å². The molecule has 0 atom stereocenters. The maximum Gasteiger partial charge on any atom is 0.151 e. The van der Waals surface area contributed by atoms with Crippen LogP contribution in [0.15, 0.2) is 109 Å². The minimum atomic E-state index is 0.670. The lowest BCUT2D eigenvalue weighted by Gasteiger charge is -2.32. The summed E-state index contributed by atoms with van der Waals surface area (Å²) in [5.74, 6) is 1.65. The average Bonchev–Trinajstić information content (AvgIpc) is 3.42. The Morgan fingerprint density at radius 3 is 1.97 bits per heavy atom. The normalized spacial score (nSPS) is 12.2. The molecule has 35 heavy (non-hydrogen) atoms. The van der Waals surface area contributed by atoms with Crippen molar-refractivity contribution in [3.8, 4) is 28.6 Å². The second-order valence-corrected chi connectivity index (χ2v) is 8.18. The minimum absolute atomic E-state index is 0.670. The Morgan fingerprint density at radius 1 is 0.600 bits per heavy atom. The first kappa shape index (κ1) is 19.4. The molecule has 166 valence electrons. The summed E-state index contributed by atoms with van der Waals surface area (Å²) in [7, 11) is 0. The Balaban J connectivity index is 1.23. The highest BCUT2D eigenvalue weighted by Crippen LogP contribution is 2.49. The fourth-order valence-corrected chi connectivity index (χ4v) is 4.33. The summed E-state index contributed by atoms with van der Waals surface area (Å²) in [6.45, 7) is 0. The molecule has 0 saturated heterocycles. The van der Waals surface area contributed by atoms with Gasteiger partial charge in [-0.1, -0.05) is 41.6 Å². The highest BCUT2D eigenvalue weighted by atomic mass is 16.5. The number of nitrogens with zero attached hydrogens (tertiary/aromatic N) is 6. The fourth-order valence-electron chi connectivity index (χ4n) is 4.33. The second-order valence-electron chi connectivity index (χ2n) is 8.18. The number of benzene rings is 4. The third kappa shape index (κ3) is 3.29. The van der Waals surface area contributed by atoms with Gasteiger partial charge in [-0.25, -0.2) is 9.67 Å². The molecule has 7 nitrogen and oxygen atoms in total. The lowest BCUT2D eigenvalue weighted by molar-refractivity contribution is 0.477. The van der Waals surface area contributed by atoms with Gasteiger partial charge in [0.2, 0.25) is 0 Å². The first-order chi connectivity index (χ1) is 17.3. The van der Waals surface area contributed by atoms with E-state index >= 15 is 0 Å². The highest BCUT2D eigenvalue weighted by molar-refractivity contribution is 5.86. The molecule has 0 fully saturated rings. The van der Waals surface area contributed by atoms with E-state index in [-0.39, 0.29) is 0 Å². The molecule has 4 aromatic carbocycles. The van der Waals surface area contributed by atoms with Crippen molar-refractivity contribution in [1.29, 1.82) is 0 Å². The molecular formula is C28H18N6O. The minimum Gasteiger partial charge on any atom is -0.453 e. The number of rotatable bonds is 3. The lowest BCUT2D eigenvalue weighted by atomic mass is 10.1. The molecule has 0 amide bonds. The van der Waals surface area contributed by atoms with E-state index in [0.717, 1.165) is 45.3 Å². The molecule has 7 rings (SSSR count). The third-order valence-corrected chi connectivity index (χ3v) is 6.01. The number of hydrogen-bond donors (Lipinski definition) is 0. The molecule has 0 saturated carbocycles. The molecule has 1 aliphatic rings. The largest absolute Gasteiger partial charge is 0.453 e. The van der Waals surface area contributed by atoms with Crippen LogP contribution in [-0.4, -0.2) is 25.0 Å². The van der Waals surface area contributed by atoms with Gasteiger partial charge in [0.15, 0.2) is 11.5 Å². The zero-order chi connectivity index (χ0) is 23.2. The average molecular weight is 454 g/mol. The second kappa shape index (κ2) is 7.78. The van der Waals surface area contributed by atoms with Gasteiger partial charge in [0.1, 0.15) is 11.4 Å². The first-order valence-corrected chi connectivity index (χ1v) is 11.2. The topological polar surface area (TPSA) is 69.0 Å². The standard InChI is InChI=1S/C28H18N6O/c1-2-8-22-21(7-1)29-17-23(30-22)24-18-33(32-31-24)19-13-15-20(16-14-19)34-25-9-3-5-11-27(25)35-28-12-6-4-10-26(28)34/h1-18H. The molecule has 0 radical (unpaired) electrons. The monoisotopic (exact) mass is 454 g/mol. The van der Waals surface area contributed by atoms with Crippen molar-refractivity contribution < 1.29 is 4.74 Å². The van der Waals surface area contributed by atoms with Crippen LogP contribution in [-0.2, 0) is 0 Å². The van der Waals surface area contributed by atoms with E-state index in [1.165, 1.54) is 0 Å². The summed E-state index contributed by atoms with van der Waals surface area (Å²) in [5.41, 5.74) is 6.96. The van der Waals surface area contributed by atoms with Crippen LogP contribution in [0.25, 0.3) is 28.1 Å². The van der Waals surface area contributed by atoms with Gasteiger partial charge in [-0.05, 0) is 60.7 Å². The zero-order valence-corrected chi connectivity index (χ0v) is 18.5. The molecule has 2 aromatic heterocycles. The summed E-state index contributed by atoms with van der Waals surface area (Å²) in [6.07, 6.45) is 3.60. The van der Waals surface area contributed by atoms with Crippen molar-refractivity contribution in [3.63, 3.8) is 0 Å². The highest BCUT2D eigenvalue weighted by Gasteiger charge is 2.25. The molecule has 7 heteroatoms. The number of anilines is 3. The predicted octanol–water partition coefficient (Wildman–Crippen LogP) is 6.45. The summed E-state index contributed by atoms with van der Waals surface area (Å²) in [4.78, 5) is 11.4. The number of fused-ring (bicyclic) bond motifs is 3. The Morgan fingerprint density at radius 2 is 1.23 bits per heavy atom. The maximum atomic E-state index is 6.12. The summed E-state index contributed by atoms with van der Waals surface area (Å²) in [5, 5.41) is 8.65. The van der Waals surface area contributed by atoms with E-state index in [2.05, 4.69) is 49.4 Å². The van der Waals surface area contributed by atoms with Gasteiger partial charge in [-0.15, -0.1) is 5.10 Å². The van der Waals surface area contributed by atoms with Gasteiger partial charge in [-0.3, -0.25) is 4.98 Å². The summed E-state index contributed by atoms with van der Waals surface area (Å²) in [6, 6.07) is 32.1. The Hall–Kier alpha value is -5.04. The number of hydrogen-bond acceptors (Lipinski definition) is 6. The first-order valence-electron chi connectivity index (χ1n) is 11.2. The Labute approximate surface area is 200 Å². The lowest BCUT2D eigenvalue weighted by Crippen LogP contribution is -2.15. The predicted molar refractivity (Wildman–Crippen MR) is 135 cm³/mol.